The summed E-state index contributed by atoms with van der Waals surface area (Å²) in [5.74, 6) is 0.518. The average molecular weight is 485 g/mol. The Labute approximate surface area is 207 Å². The van der Waals surface area contributed by atoms with Crippen LogP contribution in [0.15, 0.2) is 81.0 Å². The zero-order valence-electron chi connectivity index (χ0n) is 19.6. The highest BCUT2D eigenvalue weighted by molar-refractivity contribution is 7.99. The van der Waals surface area contributed by atoms with Crippen LogP contribution in [-0.4, -0.2) is 28.0 Å². The number of benzene rings is 3. The van der Waals surface area contributed by atoms with E-state index in [1.54, 1.807) is 23.9 Å². The number of rotatable bonds is 5. The number of anilines is 1. The number of aryl methyl sites for hydroxylation is 1. The summed E-state index contributed by atoms with van der Waals surface area (Å²) in [6, 6.07) is 20.8. The van der Waals surface area contributed by atoms with Crippen LogP contribution in [0.25, 0.3) is 11.4 Å². The van der Waals surface area contributed by atoms with E-state index in [1.165, 1.54) is 0 Å². The molecule has 0 saturated carbocycles. The van der Waals surface area contributed by atoms with Crippen molar-refractivity contribution in [2.75, 3.05) is 4.90 Å². The molecule has 0 radical (unpaired) electrons. The zero-order chi connectivity index (χ0) is 24.5. The number of hydrogen-bond donors (Lipinski definition) is 1. The molecule has 0 bridgehead atoms. The van der Waals surface area contributed by atoms with Gasteiger partial charge in [0.2, 0.25) is 11.7 Å². The predicted molar refractivity (Wildman–Crippen MR) is 135 cm³/mol. The Morgan fingerprint density at radius 1 is 1.06 bits per heavy atom. The molecule has 1 aliphatic rings. The summed E-state index contributed by atoms with van der Waals surface area (Å²) in [4.78, 5) is 33.8. The smallest absolute Gasteiger partial charge is 0.259 e. The summed E-state index contributed by atoms with van der Waals surface area (Å²) in [5.41, 5.74) is 3.97. The molecule has 5 rings (SSSR count). The maximum Gasteiger partial charge on any atom is 0.259 e. The highest BCUT2D eigenvalue weighted by Crippen LogP contribution is 2.43. The van der Waals surface area contributed by atoms with Gasteiger partial charge in [0.1, 0.15) is 0 Å². The van der Waals surface area contributed by atoms with Gasteiger partial charge in [-0.25, -0.2) is 0 Å². The predicted octanol–water partition coefficient (Wildman–Crippen LogP) is 5.49. The van der Waals surface area contributed by atoms with Crippen LogP contribution >= 0.6 is 11.8 Å². The molecule has 2 amide bonds. The summed E-state index contributed by atoms with van der Waals surface area (Å²) in [6.45, 7) is 6.11. The van der Waals surface area contributed by atoms with Crippen molar-refractivity contribution in [3.05, 3.63) is 89.3 Å². The number of fused-ring (bicyclic) bond motifs is 2. The lowest BCUT2D eigenvalue weighted by atomic mass is 10.1. The van der Waals surface area contributed by atoms with Crippen LogP contribution < -0.4 is 10.2 Å². The van der Waals surface area contributed by atoms with Crippen molar-refractivity contribution in [3.8, 4) is 11.4 Å². The number of hydrogen-bond acceptors (Lipinski definition) is 6. The van der Waals surface area contributed by atoms with Crippen LogP contribution in [0.1, 0.15) is 46.0 Å². The van der Waals surface area contributed by atoms with Crippen LogP contribution in [0.3, 0.4) is 0 Å². The van der Waals surface area contributed by atoms with Gasteiger partial charge in [-0.05, 0) is 63.2 Å². The Hall–Kier alpha value is -3.91. The van der Waals surface area contributed by atoms with E-state index < -0.39 is 0 Å². The molecule has 1 aliphatic heterocycles. The molecule has 176 valence electrons. The molecule has 0 saturated heterocycles. The fourth-order valence-corrected chi connectivity index (χ4v) is 5.05. The Balaban J connectivity index is 1.39. The molecular weight excluding hydrogens is 460 g/mol. The number of aromatic nitrogens is 2. The molecule has 0 aliphatic carbocycles. The third kappa shape index (κ3) is 4.57. The first-order valence-electron chi connectivity index (χ1n) is 11.3. The summed E-state index contributed by atoms with van der Waals surface area (Å²) < 4.78 is 5.38. The van der Waals surface area contributed by atoms with Crippen LogP contribution in [0, 0.1) is 6.92 Å². The first-order chi connectivity index (χ1) is 16.9. The lowest BCUT2D eigenvalue weighted by Gasteiger charge is -2.27. The maximum absolute atomic E-state index is 13.3. The number of carbonyl (C=O) groups is 2. The number of nitrogens with one attached hydrogen (secondary N) is 1. The molecule has 35 heavy (non-hydrogen) atoms. The highest BCUT2D eigenvalue weighted by Gasteiger charge is 2.29. The normalized spacial score (nSPS) is 12.8. The van der Waals surface area contributed by atoms with E-state index in [4.69, 9.17) is 4.52 Å². The Kier molecular flexibility index (Phi) is 6.13. The minimum Gasteiger partial charge on any atom is -0.343 e. The van der Waals surface area contributed by atoms with Crippen molar-refractivity contribution in [3.63, 3.8) is 0 Å². The lowest BCUT2D eigenvalue weighted by molar-refractivity contribution is 0.0944. The summed E-state index contributed by atoms with van der Waals surface area (Å²) in [7, 11) is 0. The third-order valence-electron chi connectivity index (χ3n) is 5.73. The first-order valence-corrected chi connectivity index (χ1v) is 12.1. The fraction of sp³-hybridized carbons (Fsp3) is 0.185. The zero-order valence-corrected chi connectivity index (χ0v) is 20.4. The van der Waals surface area contributed by atoms with E-state index >= 15 is 0 Å². The van der Waals surface area contributed by atoms with Crippen molar-refractivity contribution in [1.29, 1.82) is 0 Å². The summed E-state index contributed by atoms with van der Waals surface area (Å²) in [6.07, 6.45) is 0. The van der Waals surface area contributed by atoms with Gasteiger partial charge in [0.15, 0.2) is 0 Å². The fourth-order valence-electron chi connectivity index (χ4n) is 3.94. The first kappa shape index (κ1) is 22.9. The van der Waals surface area contributed by atoms with E-state index in [1.807, 2.05) is 80.3 Å². The Bertz CT molecular complexity index is 1410. The van der Waals surface area contributed by atoms with E-state index in [0.29, 0.717) is 22.8 Å². The summed E-state index contributed by atoms with van der Waals surface area (Å²) >= 11 is 1.55. The second-order valence-electron chi connectivity index (χ2n) is 8.61. The number of carbonyl (C=O) groups excluding carboxylic acids is 2. The average Bonchev–Trinajstić information content (AvgIpc) is 3.28. The van der Waals surface area contributed by atoms with Gasteiger partial charge in [0.05, 0.1) is 17.8 Å². The molecule has 3 aromatic carbocycles. The van der Waals surface area contributed by atoms with Crippen LogP contribution in [0.4, 0.5) is 5.69 Å². The largest absolute Gasteiger partial charge is 0.343 e. The number of amides is 2. The number of nitrogens with zero attached hydrogens (tertiary/aromatic N) is 3. The van der Waals surface area contributed by atoms with Gasteiger partial charge in [-0.1, -0.05) is 46.7 Å². The van der Waals surface area contributed by atoms with Gasteiger partial charge in [-0.3, -0.25) is 9.59 Å². The molecule has 1 aromatic heterocycles. The second kappa shape index (κ2) is 9.38. The molecule has 8 heteroatoms. The highest BCUT2D eigenvalue weighted by atomic mass is 32.2. The van der Waals surface area contributed by atoms with Gasteiger partial charge in [0, 0.05) is 27.0 Å². The summed E-state index contributed by atoms with van der Waals surface area (Å²) in [5, 5.41) is 6.92. The molecule has 1 N–H and O–H groups in total. The molecule has 0 atom stereocenters. The van der Waals surface area contributed by atoms with Gasteiger partial charge in [-0.15, -0.1) is 0 Å². The molecule has 0 unspecified atom stereocenters. The van der Waals surface area contributed by atoms with E-state index in [-0.39, 0.29) is 24.4 Å². The van der Waals surface area contributed by atoms with Crippen LogP contribution in [0.5, 0.6) is 0 Å². The minimum atomic E-state index is -0.205. The quantitative estimate of drug-likeness (QED) is 0.403. The Morgan fingerprint density at radius 3 is 2.60 bits per heavy atom. The molecule has 4 aromatic rings. The van der Waals surface area contributed by atoms with Crippen LogP contribution in [-0.2, 0) is 6.54 Å². The van der Waals surface area contributed by atoms with Crippen LogP contribution in [0.2, 0.25) is 0 Å². The van der Waals surface area contributed by atoms with Crippen molar-refractivity contribution in [2.24, 2.45) is 0 Å². The van der Waals surface area contributed by atoms with E-state index in [0.717, 1.165) is 26.6 Å². The monoisotopic (exact) mass is 484 g/mol. The van der Waals surface area contributed by atoms with Gasteiger partial charge < -0.3 is 14.7 Å². The third-order valence-corrected chi connectivity index (χ3v) is 6.85. The van der Waals surface area contributed by atoms with Crippen molar-refractivity contribution in [2.45, 2.75) is 43.1 Å². The SMILES string of the molecule is Cc1ccc(C(=O)NCc2nc(-c3ccc4c(c3)Sc3ccccc3C(=O)N4C(C)C)no2)cc1. The van der Waals surface area contributed by atoms with E-state index in [9.17, 15) is 9.59 Å². The van der Waals surface area contributed by atoms with Gasteiger partial charge in [0.25, 0.3) is 11.8 Å². The second-order valence-corrected chi connectivity index (χ2v) is 9.69. The van der Waals surface area contributed by atoms with Gasteiger partial charge >= 0.3 is 0 Å². The van der Waals surface area contributed by atoms with E-state index in [2.05, 4.69) is 15.5 Å². The van der Waals surface area contributed by atoms with Crippen molar-refractivity contribution >= 4 is 29.3 Å². The molecule has 0 spiro atoms. The minimum absolute atomic E-state index is 0.00669. The maximum atomic E-state index is 13.3. The standard InChI is InChI=1S/C27H24N4O3S/c1-16(2)31-21-13-12-19(14-23(21)35-22-7-5-4-6-20(22)27(31)33)25-29-24(34-30-25)15-28-26(32)18-10-8-17(3)9-11-18/h4-14,16H,15H2,1-3H3,(H,28,32). The topological polar surface area (TPSA) is 88.3 Å². The molecular formula is C27H24N4O3S. The molecule has 0 fully saturated rings. The lowest BCUT2D eigenvalue weighted by Crippen LogP contribution is -2.36. The van der Waals surface area contributed by atoms with Crippen molar-refractivity contribution in [1.82, 2.24) is 15.5 Å². The molecule has 7 nitrogen and oxygen atoms in total. The Morgan fingerprint density at radius 2 is 1.83 bits per heavy atom. The van der Waals surface area contributed by atoms with Crippen molar-refractivity contribution < 1.29 is 14.1 Å². The molecule has 2 heterocycles. The van der Waals surface area contributed by atoms with Gasteiger partial charge in [-0.2, -0.15) is 4.98 Å².